The molecule has 0 saturated heterocycles. The standard InChI is InChI=1S/C68H131NO5/c1-3-5-7-9-11-13-15-17-19-21-23-24-25-26-27-28-32-36-40-44-48-52-56-60-66(71)65(64-70)69-67(72)61-57-53-49-45-41-37-33-30-31-35-39-43-47-51-55-59-63-74-68(73)62-58-54-50-46-42-38-34-29-22-20-18-16-14-12-10-8-6-4-2/h20,22,56,60,65-66,70-71H,3-19,21,23-55,57-59,61-64H2,1-2H3,(H,69,72)/b22-20-,60-56+. The van der Waals surface area contributed by atoms with Crippen LogP contribution in [-0.4, -0.2) is 47.4 Å². The smallest absolute Gasteiger partial charge is 0.305 e. The number of rotatable bonds is 63. The van der Waals surface area contributed by atoms with E-state index >= 15 is 0 Å². The molecule has 0 aliphatic carbocycles. The number of amides is 1. The molecule has 438 valence electrons. The maximum absolute atomic E-state index is 12.5. The SMILES string of the molecule is CCCCCCCCC/C=C\CCCCCCCCCC(=O)OCCCCCCCCCCCCCCCCCCC(=O)NC(CO)C(O)/C=C/CCCCCCCCCCCCCCCCCCCCCCC. The van der Waals surface area contributed by atoms with Crippen LogP contribution in [0, 0.1) is 0 Å². The number of hydrogen-bond acceptors (Lipinski definition) is 5. The Kier molecular flexibility index (Phi) is 62.4. The van der Waals surface area contributed by atoms with Gasteiger partial charge in [0.05, 0.1) is 25.4 Å². The van der Waals surface area contributed by atoms with Gasteiger partial charge in [0, 0.05) is 12.8 Å². The minimum atomic E-state index is -0.851. The van der Waals surface area contributed by atoms with Crippen molar-refractivity contribution in [3.05, 3.63) is 24.3 Å². The molecule has 3 N–H and O–H groups in total. The molecule has 0 saturated carbocycles. The van der Waals surface area contributed by atoms with Gasteiger partial charge in [-0.3, -0.25) is 9.59 Å². The first-order valence-electron chi connectivity index (χ1n) is 33.6. The summed E-state index contributed by atoms with van der Waals surface area (Å²) in [5.41, 5.74) is 0. The molecule has 6 nitrogen and oxygen atoms in total. The number of carbonyl (C=O) groups is 2. The van der Waals surface area contributed by atoms with E-state index in [0.717, 1.165) is 44.9 Å². The average molecular weight is 1040 g/mol. The Morgan fingerprint density at radius 3 is 0.959 bits per heavy atom. The molecule has 1 amide bonds. The predicted octanol–water partition coefficient (Wildman–Crippen LogP) is 21.4. The van der Waals surface area contributed by atoms with Crippen molar-refractivity contribution >= 4 is 11.9 Å². The molecule has 0 aromatic rings. The van der Waals surface area contributed by atoms with Crippen LogP contribution in [0.5, 0.6) is 0 Å². The second-order valence-electron chi connectivity index (χ2n) is 23.2. The van der Waals surface area contributed by atoms with Gasteiger partial charge in [0.25, 0.3) is 0 Å². The molecule has 2 unspecified atom stereocenters. The van der Waals surface area contributed by atoms with Crippen molar-refractivity contribution < 1.29 is 24.5 Å². The zero-order valence-corrected chi connectivity index (χ0v) is 50.1. The highest BCUT2D eigenvalue weighted by molar-refractivity contribution is 5.76. The van der Waals surface area contributed by atoms with Gasteiger partial charge in [0.2, 0.25) is 5.91 Å². The van der Waals surface area contributed by atoms with Crippen LogP contribution in [0.15, 0.2) is 24.3 Å². The Morgan fingerprint density at radius 2 is 0.635 bits per heavy atom. The molecular weight excluding hydrogens is 911 g/mol. The zero-order chi connectivity index (χ0) is 53.6. The van der Waals surface area contributed by atoms with Gasteiger partial charge in [0.15, 0.2) is 0 Å². The number of aliphatic hydroxyl groups excluding tert-OH is 2. The van der Waals surface area contributed by atoms with E-state index in [1.807, 2.05) is 6.08 Å². The lowest BCUT2D eigenvalue weighted by Gasteiger charge is -2.20. The first-order valence-corrected chi connectivity index (χ1v) is 33.6. The van der Waals surface area contributed by atoms with E-state index < -0.39 is 12.1 Å². The molecule has 0 fully saturated rings. The van der Waals surface area contributed by atoms with E-state index in [2.05, 4.69) is 31.3 Å². The Bertz CT molecular complexity index is 1150. The van der Waals surface area contributed by atoms with Gasteiger partial charge in [-0.15, -0.1) is 0 Å². The fraction of sp³-hybridized carbons (Fsp3) is 0.912. The normalized spacial score (nSPS) is 12.6. The molecule has 74 heavy (non-hydrogen) atoms. The minimum Gasteiger partial charge on any atom is -0.466 e. The third kappa shape index (κ3) is 59.6. The Labute approximate surface area is 462 Å². The van der Waals surface area contributed by atoms with Crippen molar-refractivity contribution in [3.63, 3.8) is 0 Å². The molecular formula is C68H131NO5. The molecule has 0 aromatic heterocycles. The van der Waals surface area contributed by atoms with Crippen LogP contribution in [0.3, 0.4) is 0 Å². The van der Waals surface area contributed by atoms with Crippen LogP contribution in [0.4, 0.5) is 0 Å². The number of allylic oxidation sites excluding steroid dienone is 3. The first-order chi connectivity index (χ1) is 36.5. The quantitative estimate of drug-likeness (QED) is 0.0320. The van der Waals surface area contributed by atoms with Gasteiger partial charge >= 0.3 is 5.97 Å². The fourth-order valence-corrected chi connectivity index (χ4v) is 10.6. The van der Waals surface area contributed by atoms with E-state index in [4.69, 9.17) is 4.74 Å². The summed E-state index contributed by atoms with van der Waals surface area (Å²) in [5, 5.41) is 23.2. The second kappa shape index (κ2) is 63.9. The summed E-state index contributed by atoms with van der Waals surface area (Å²) in [7, 11) is 0. The number of aliphatic hydroxyl groups is 2. The van der Waals surface area contributed by atoms with Crippen molar-refractivity contribution in [1.29, 1.82) is 0 Å². The second-order valence-corrected chi connectivity index (χ2v) is 23.2. The summed E-state index contributed by atoms with van der Waals surface area (Å²) >= 11 is 0. The molecule has 0 aliphatic rings. The third-order valence-corrected chi connectivity index (χ3v) is 15.7. The number of unbranched alkanes of at least 4 members (excludes halogenated alkanes) is 50. The summed E-state index contributed by atoms with van der Waals surface area (Å²) in [6.07, 6.45) is 79.4. The number of carbonyl (C=O) groups excluding carboxylic acids is 2. The maximum Gasteiger partial charge on any atom is 0.305 e. The van der Waals surface area contributed by atoms with Crippen LogP contribution in [0.2, 0.25) is 0 Å². The fourth-order valence-electron chi connectivity index (χ4n) is 10.6. The molecule has 0 aromatic carbocycles. The van der Waals surface area contributed by atoms with Gasteiger partial charge in [-0.05, 0) is 57.8 Å². The number of nitrogens with one attached hydrogen (secondary N) is 1. The van der Waals surface area contributed by atoms with Gasteiger partial charge in [-0.25, -0.2) is 0 Å². The molecule has 0 spiro atoms. The average Bonchev–Trinajstić information content (AvgIpc) is 3.40. The Morgan fingerprint density at radius 1 is 0.365 bits per heavy atom. The third-order valence-electron chi connectivity index (χ3n) is 15.7. The molecule has 0 rings (SSSR count). The molecule has 0 aliphatic heterocycles. The Balaban J connectivity index is 3.44. The molecule has 0 heterocycles. The van der Waals surface area contributed by atoms with Crippen molar-refractivity contribution in [2.45, 2.75) is 386 Å². The largest absolute Gasteiger partial charge is 0.466 e. The Hall–Kier alpha value is -1.66. The van der Waals surface area contributed by atoms with Gasteiger partial charge in [-0.2, -0.15) is 0 Å². The summed E-state index contributed by atoms with van der Waals surface area (Å²) < 4.78 is 5.49. The van der Waals surface area contributed by atoms with Crippen LogP contribution in [0.1, 0.15) is 373 Å². The topological polar surface area (TPSA) is 95.9 Å². The monoisotopic (exact) mass is 1040 g/mol. The van der Waals surface area contributed by atoms with Gasteiger partial charge < -0.3 is 20.3 Å². The molecule has 0 radical (unpaired) electrons. The van der Waals surface area contributed by atoms with Gasteiger partial charge in [0.1, 0.15) is 0 Å². The first kappa shape index (κ1) is 72.3. The van der Waals surface area contributed by atoms with E-state index in [0.29, 0.717) is 19.4 Å². The van der Waals surface area contributed by atoms with Crippen molar-refractivity contribution in [2.24, 2.45) is 0 Å². The zero-order valence-electron chi connectivity index (χ0n) is 50.1. The lowest BCUT2D eigenvalue weighted by molar-refractivity contribution is -0.143. The van der Waals surface area contributed by atoms with Gasteiger partial charge in [-0.1, -0.05) is 327 Å². The van der Waals surface area contributed by atoms with E-state index in [-0.39, 0.29) is 18.5 Å². The maximum atomic E-state index is 12.5. The lowest BCUT2D eigenvalue weighted by Crippen LogP contribution is -2.45. The molecule has 6 heteroatoms. The van der Waals surface area contributed by atoms with Crippen molar-refractivity contribution in [1.82, 2.24) is 5.32 Å². The molecule has 2 atom stereocenters. The lowest BCUT2D eigenvalue weighted by atomic mass is 10.0. The predicted molar refractivity (Wildman–Crippen MR) is 324 cm³/mol. The van der Waals surface area contributed by atoms with Crippen molar-refractivity contribution in [3.8, 4) is 0 Å². The number of ether oxygens (including phenoxy) is 1. The highest BCUT2D eigenvalue weighted by atomic mass is 16.5. The van der Waals surface area contributed by atoms with Crippen LogP contribution in [0.25, 0.3) is 0 Å². The van der Waals surface area contributed by atoms with Crippen LogP contribution in [-0.2, 0) is 14.3 Å². The van der Waals surface area contributed by atoms with E-state index in [1.54, 1.807) is 6.08 Å². The molecule has 0 bridgehead atoms. The van der Waals surface area contributed by atoms with Crippen molar-refractivity contribution in [2.75, 3.05) is 13.2 Å². The summed E-state index contributed by atoms with van der Waals surface area (Å²) in [6.45, 7) is 4.92. The van der Waals surface area contributed by atoms with E-state index in [1.165, 1.54) is 302 Å². The summed E-state index contributed by atoms with van der Waals surface area (Å²) in [4.78, 5) is 24.6. The summed E-state index contributed by atoms with van der Waals surface area (Å²) in [5.74, 6) is -0.0706. The number of hydrogen-bond donors (Lipinski definition) is 3. The van der Waals surface area contributed by atoms with Crippen LogP contribution < -0.4 is 5.32 Å². The minimum absolute atomic E-state index is 0.000272. The highest BCUT2D eigenvalue weighted by Crippen LogP contribution is 2.18. The van der Waals surface area contributed by atoms with Crippen LogP contribution >= 0.6 is 0 Å². The van der Waals surface area contributed by atoms with E-state index in [9.17, 15) is 19.8 Å². The summed E-state index contributed by atoms with van der Waals surface area (Å²) in [6, 6.07) is -0.634. The number of esters is 1. The highest BCUT2D eigenvalue weighted by Gasteiger charge is 2.18.